The second-order valence-corrected chi connectivity index (χ2v) is 5.46. The number of benzene rings is 1. The molecule has 4 rings (SSSR count). The van der Waals surface area contributed by atoms with Crippen molar-refractivity contribution in [2.45, 2.75) is 19.3 Å². The van der Waals surface area contributed by atoms with Gasteiger partial charge in [-0.1, -0.05) is 23.7 Å². The number of primary amides is 1. The van der Waals surface area contributed by atoms with Crippen molar-refractivity contribution >= 4 is 34.2 Å². The number of carbonyl (C=O) groups is 1. The van der Waals surface area contributed by atoms with Gasteiger partial charge in [0.15, 0.2) is 5.65 Å². The van der Waals surface area contributed by atoms with Gasteiger partial charge in [0.1, 0.15) is 5.15 Å². The van der Waals surface area contributed by atoms with E-state index in [0.717, 1.165) is 41.4 Å². The minimum atomic E-state index is -0.430. The number of aromatic nitrogens is 2. The third-order valence-electron chi connectivity index (χ3n) is 4.00. The normalized spacial score (nSPS) is 14.1. The predicted octanol–water partition coefficient (Wildman–Crippen LogP) is 2.73. The SMILES string of the molecule is NC(=O)c1c2c(c(Cl)n3c1nc1ccccc13)CCC2. The molecule has 0 radical (unpaired) electrons. The molecule has 3 aromatic rings. The minimum Gasteiger partial charge on any atom is -0.365 e. The van der Waals surface area contributed by atoms with Gasteiger partial charge in [0, 0.05) is 0 Å². The average Bonchev–Trinajstić information content (AvgIpc) is 3.02. The van der Waals surface area contributed by atoms with Crippen LogP contribution in [0.25, 0.3) is 16.7 Å². The summed E-state index contributed by atoms with van der Waals surface area (Å²) in [5, 5.41) is 0.659. The fourth-order valence-corrected chi connectivity index (χ4v) is 3.55. The quantitative estimate of drug-likeness (QED) is 0.699. The molecule has 0 fully saturated rings. The molecule has 0 saturated carbocycles. The Balaban J connectivity index is 2.30. The van der Waals surface area contributed by atoms with Crippen molar-refractivity contribution in [3.63, 3.8) is 0 Å². The molecule has 1 aliphatic rings. The Hall–Kier alpha value is -2.07. The number of amides is 1. The van der Waals surface area contributed by atoms with E-state index < -0.39 is 5.91 Å². The Bertz CT molecular complexity index is 882. The molecule has 2 aromatic heterocycles. The van der Waals surface area contributed by atoms with Gasteiger partial charge in [-0.05, 0) is 42.5 Å². The monoisotopic (exact) mass is 285 g/mol. The number of carbonyl (C=O) groups excluding carboxylic acids is 1. The largest absolute Gasteiger partial charge is 0.365 e. The maximum Gasteiger partial charge on any atom is 0.252 e. The molecular weight excluding hydrogens is 274 g/mol. The smallest absolute Gasteiger partial charge is 0.252 e. The molecule has 4 nitrogen and oxygen atoms in total. The molecule has 100 valence electrons. The number of pyridine rings is 1. The van der Waals surface area contributed by atoms with Crippen LogP contribution in [0.5, 0.6) is 0 Å². The van der Waals surface area contributed by atoms with Crippen molar-refractivity contribution in [2.75, 3.05) is 0 Å². The highest BCUT2D eigenvalue weighted by Crippen LogP contribution is 2.35. The summed E-state index contributed by atoms with van der Waals surface area (Å²) in [6.45, 7) is 0. The molecule has 0 saturated heterocycles. The van der Waals surface area contributed by atoms with Gasteiger partial charge in [-0.25, -0.2) is 4.98 Å². The molecular formula is C15H12ClN3O. The maximum atomic E-state index is 11.9. The van der Waals surface area contributed by atoms with Gasteiger partial charge in [0.2, 0.25) is 0 Å². The second-order valence-electron chi connectivity index (χ2n) is 5.10. The van der Waals surface area contributed by atoms with Crippen LogP contribution in [0.1, 0.15) is 27.9 Å². The topological polar surface area (TPSA) is 60.4 Å². The van der Waals surface area contributed by atoms with E-state index in [-0.39, 0.29) is 0 Å². The molecule has 2 heterocycles. The zero-order valence-corrected chi connectivity index (χ0v) is 11.4. The first-order chi connectivity index (χ1) is 9.68. The maximum absolute atomic E-state index is 11.9. The van der Waals surface area contributed by atoms with E-state index in [1.54, 1.807) is 0 Å². The summed E-state index contributed by atoms with van der Waals surface area (Å²) in [6, 6.07) is 7.71. The minimum absolute atomic E-state index is 0.430. The van der Waals surface area contributed by atoms with E-state index in [0.29, 0.717) is 16.4 Å². The predicted molar refractivity (Wildman–Crippen MR) is 78.3 cm³/mol. The molecule has 1 amide bonds. The number of hydrogen-bond donors (Lipinski definition) is 1. The van der Waals surface area contributed by atoms with Gasteiger partial charge in [-0.3, -0.25) is 9.20 Å². The average molecular weight is 286 g/mol. The number of fused-ring (bicyclic) bond motifs is 4. The van der Waals surface area contributed by atoms with E-state index in [9.17, 15) is 4.79 Å². The number of hydrogen-bond acceptors (Lipinski definition) is 2. The summed E-state index contributed by atoms with van der Waals surface area (Å²) < 4.78 is 1.85. The lowest BCUT2D eigenvalue weighted by molar-refractivity contribution is 0.100. The van der Waals surface area contributed by atoms with Crippen LogP contribution in [0.15, 0.2) is 24.3 Å². The lowest BCUT2D eigenvalue weighted by Crippen LogP contribution is -2.16. The Labute approximate surface area is 120 Å². The molecule has 0 atom stereocenters. The Morgan fingerprint density at radius 3 is 2.80 bits per heavy atom. The van der Waals surface area contributed by atoms with Crippen molar-refractivity contribution in [3.05, 3.63) is 46.1 Å². The van der Waals surface area contributed by atoms with E-state index >= 15 is 0 Å². The number of nitrogens with two attached hydrogens (primary N) is 1. The second kappa shape index (κ2) is 3.96. The summed E-state index contributed by atoms with van der Waals surface area (Å²) in [7, 11) is 0. The summed E-state index contributed by atoms with van der Waals surface area (Å²) in [6.07, 6.45) is 2.73. The molecule has 1 aromatic carbocycles. The molecule has 0 bridgehead atoms. The van der Waals surface area contributed by atoms with E-state index in [1.165, 1.54) is 0 Å². The van der Waals surface area contributed by atoms with Crippen LogP contribution in [-0.2, 0) is 12.8 Å². The zero-order chi connectivity index (χ0) is 13.9. The van der Waals surface area contributed by atoms with Crippen molar-refractivity contribution in [1.29, 1.82) is 0 Å². The molecule has 5 heteroatoms. The highest BCUT2D eigenvalue weighted by atomic mass is 35.5. The standard InChI is InChI=1S/C15H12ClN3O/c16-13-9-5-3-4-8(9)12(14(17)20)15-18-10-6-1-2-7-11(10)19(13)15/h1-2,6-7H,3-5H2,(H2,17,20). The Morgan fingerprint density at radius 2 is 2.00 bits per heavy atom. The van der Waals surface area contributed by atoms with Gasteiger partial charge in [-0.15, -0.1) is 0 Å². The van der Waals surface area contributed by atoms with E-state index in [2.05, 4.69) is 4.98 Å². The zero-order valence-electron chi connectivity index (χ0n) is 10.7. The van der Waals surface area contributed by atoms with Crippen LogP contribution in [0.4, 0.5) is 0 Å². The summed E-state index contributed by atoms with van der Waals surface area (Å²) in [4.78, 5) is 16.4. The lowest BCUT2D eigenvalue weighted by atomic mass is 10.1. The highest BCUT2D eigenvalue weighted by molar-refractivity contribution is 6.31. The van der Waals surface area contributed by atoms with Gasteiger partial charge in [0.05, 0.1) is 16.6 Å². The van der Waals surface area contributed by atoms with Crippen molar-refractivity contribution in [1.82, 2.24) is 9.38 Å². The molecule has 1 aliphatic carbocycles. The first kappa shape index (κ1) is 11.7. The van der Waals surface area contributed by atoms with Crippen LogP contribution in [-0.4, -0.2) is 15.3 Å². The summed E-state index contributed by atoms with van der Waals surface area (Å²) in [5.41, 5.74) is 10.4. The molecule has 0 unspecified atom stereocenters. The fraction of sp³-hybridized carbons (Fsp3) is 0.200. The van der Waals surface area contributed by atoms with Gasteiger partial charge in [-0.2, -0.15) is 0 Å². The van der Waals surface area contributed by atoms with Gasteiger partial charge in [0.25, 0.3) is 5.91 Å². The third kappa shape index (κ3) is 1.37. The molecule has 0 aliphatic heterocycles. The number of para-hydroxylation sites is 2. The van der Waals surface area contributed by atoms with E-state index in [1.807, 2.05) is 28.7 Å². The highest BCUT2D eigenvalue weighted by Gasteiger charge is 2.26. The number of nitrogens with zero attached hydrogens (tertiary/aromatic N) is 2. The van der Waals surface area contributed by atoms with E-state index in [4.69, 9.17) is 17.3 Å². The van der Waals surface area contributed by atoms with Gasteiger partial charge >= 0.3 is 0 Å². The fourth-order valence-electron chi connectivity index (χ4n) is 3.17. The van der Waals surface area contributed by atoms with Crippen LogP contribution in [0.2, 0.25) is 5.15 Å². The van der Waals surface area contributed by atoms with Crippen molar-refractivity contribution in [2.24, 2.45) is 5.73 Å². The number of halogens is 1. The van der Waals surface area contributed by atoms with Crippen LogP contribution < -0.4 is 5.73 Å². The molecule has 20 heavy (non-hydrogen) atoms. The van der Waals surface area contributed by atoms with Crippen LogP contribution in [0, 0.1) is 0 Å². The van der Waals surface area contributed by atoms with Crippen molar-refractivity contribution in [3.8, 4) is 0 Å². The summed E-state index contributed by atoms with van der Waals surface area (Å²) >= 11 is 6.55. The Morgan fingerprint density at radius 1 is 1.25 bits per heavy atom. The van der Waals surface area contributed by atoms with Crippen LogP contribution >= 0.6 is 11.6 Å². The van der Waals surface area contributed by atoms with Gasteiger partial charge < -0.3 is 5.73 Å². The third-order valence-corrected chi connectivity index (χ3v) is 4.39. The molecule has 2 N–H and O–H groups in total. The van der Waals surface area contributed by atoms with Crippen molar-refractivity contribution < 1.29 is 4.79 Å². The first-order valence-electron chi connectivity index (χ1n) is 6.58. The lowest BCUT2D eigenvalue weighted by Gasteiger charge is -2.11. The van der Waals surface area contributed by atoms with Crippen LogP contribution in [0.3, 0.4) is 0 Å². The number of imidazole rings is 1. The summed E-state index contributed by atoms with van der Waals surface area (Å²) in [5.74, 6) is -0.430. The first-order valence-corrected chi connectivity index (χ1v) is 6.96. The Kier molecular flexibility index (Phi) is 2.32. The number of rotatable bonds is 1. The molecule has 0 spiro atoms.